The van der Waals surface area contributed by atoms with Crippen LogP contribution in [-0.4, -0.2) is 11.1 Å². The zero-order valence-corrected chi connectivity index (χ0v) is 13.2. The van der Waals surface area contributed by atoms with Gasteiger partial charge in [-0.05, 0) is 37.1 Å². The van der Waals surface area contributed by atoms with Crippen molar-refractivity contribution in [3.8, 4) is 11.1 Å². The SMILES string of the molecule is Cc1noc(C)c1-c1ccc(NC(=O)Cc2ccccc2)cc1. The van der Waals surface area contributed by atoms with Crippen LogP contribution in [0.2, 0.25) is 0 Å². The fourth-order valence-corrected chi connectivity index (χ4v) is 2.60. The van der Waals surface area contributed by atoms with Crippen molar-refractivity contribution in [2.24, 2.45) is 0 Å². The summed E-state index contributed by atoms with van der Waals surface area (Å²) in [5, 5.41) is 6.88. The van der Waals surface area contributed by atoms with E-state index in [1.165, 1.54) is 0 Å². The second-order valence-electron chi connectivity index (χ2n) is 5.49. The lowest BCUT2D eigenvalue weighted by atomic mass is 10.0. The van der Waals surface area contributed by atoms with Crippen molar-refractivity contribution in [3.63, 3.8) is 0 Å². The van der Waals surface area contributed by atoms with E-state index in [4.69, 9.17) is 4.52 Å². The van der Waals surface area contributed by atoms with Gasteiger partial charge in [-0.1, -0.05) is 47.6 Å². The largest absolute Gasteiger partial charge is 0.361 e. The predicted molar refractivity (Wildman–Crippen MR) is 90.2 cm³/mol. The van der Waals surface area contributed by atoms with Crippen molar-refractivity contribution < 1.29 is 9.32 Å². The molecule has 2 aromatic carbocycles. The van der Waals surface area contributed by atoms with Gasteiger partial charge in [0.2, 0.25) is 5.91 Å². The lowest BCUT2D eigenvalue weighted by molar-refractivity contribution is -0.115. The molecule has 0 bridgehead atoms. The number of aromatic nitrogens is 1. The summed E-state index contributed by atoms with van der Waals surface area (Å²) >= 11 is 0. The molecule has 1 heterocycles. The van der Waals surface area contributed by atoms with Crippen LogP contribution in [0.3, 0.4) is 0 Å². The molecule has 116 valence electrons. The monoisotopic (exact) mass is 306 g/mol. The number of amides is 1. The molecule has 0 radical (unpaired) electrons. The Morgan fingerprint density at radius 3 is 2.35 bits per heavy atom. The average molecular weight is 306 g/mol. The third-order valence-electron chi connectivity index (χ3n) is 3.70. The highest BCUT2D eigenvalue weighted by Crippen LogP contribution is 2.27. The maximum Gasteiger partial charge on any atom is 0.228 e. The summed E-state index contributed by atoms with van der Waals surface area (Å²) in [6.07, 6.45) is 0.368. The summed E-state index contributed by atoms with van der Waals surface area (Å²) in [5.74, 6) is 0.768. The van der Waals surface area contributed by atoms with Crippen LogP contribution in [0.25, 0.3) is 11.1 Å². The second kappa shape index (κ2) is 6.48. The van der Waals surface area contributed by atoms with Crippen LogP contribution >= 0.6 is 0 Å². The molecule has 0 unspecified atom stereocenters. The van der Waals surface area contributed by atoms with E-state index in [-0.39, 0.29) is 5.91 Å². The first kappa shape index (κ1) is 15.0. The van der Waals surface area contributed by atoms with Gasteiger partial charge in [-0.3, -0.25) is 4.79 Å². The summed E-state index contributed by atoms with van der Waals surface area (Å²) in [4.78, 5) is 12.1. The number of carbonyl (C=O) groups excluding carboxylic acids is 1. The molecule has 4 heteroatoms. The van der Waals surface area contributed by atoms with E-state index in [0.29, 0.717) is 6.42 Å². The van der Waals surface area contributed by atoms with E-state index < -0.39 is 0 Å². The molecule has 0 aliphatic carbocycles. The van der Waals surface area contributed by atoms with Crippen LogP contribution in [0.1, 0.15) is 17.0 Å². The topological polar surface area (TPSA) is 55.1 Å². The van der Waals surface area contributed by atoms with Gasteiger partial charge in [0.05, 0.1) is 12.1 Å². The van der Waals surface area contributed by atoms with E-state index in [9.17, 15) is 4.79 Å². The number of rotatable bonds is 4. The third-order valence-corrected chi connectivity index (χ3v) is 3.70. The average Bonchev–Trinajstić information content (AvgIpc) is 2.88. The minimum absolute atomic E-state index is 0.0266. The molecule has 0 fully saturated rings. The van der Waals surface area contributed by atoms with Gasteiger partial charge < -0.3 is 9.84 Å². The van der Waals surface area contributed by atoms with Crippen molar-refractivity contribution in [1.29, 1.82) is 0 Å². The molecule has 3 aromatic rings. The van der Waals surface area contributed by atoms with Crippen molar-refractivity contribution in [1.82, 2.24) is 5.16 Å². The highest BCUT2D eigenvalue weighted by atomic mass is 16.5. The lowest BCUT2D eigenvalue weighted by Gasteiger charge is -2.07. The smallest absolute Gasteiger partial charge is 0.228 e. The van der Waals surface area contributed by atoms with Crippen molar-refractivity contribution >= 4 is 11.6 Å². The molecule has 23 heavy (non-hydrogen) atoms. The molecule has 3 rings (SSSR count). The lowest BCUT2D eigenvalue weighted by Crippen LogP contribution is -2.14. The summed E-state index contributed by atoms with van der Waals surface area (Å²) in [5.41, 5.74) is 4.68. The van der Waals surface area contributed by atoms with Gasteiger partial charge in [-0.25, -0.2) is 0 Å². The number of hydrogen-bond donors (Lipinski definition) is 1. The standard InChI is InChI=1S/C19H18N2O2/c1-13-19(14(2)23-21-13)16-8-10-17(11-9-16)20-18(22)12-15-6-4-3-5-7-15/h3-11H,12H2,1-2H3,(H,20,22). The molecule has 1 N–H and O–H groups in total. The highest BCUT2D eigenvalue weighted by Gasteiger charge is 2.11. The van der Waals surface area contributed by atoms with E-state index in [2.05, 4.69) is 10.5 Å². The van der Waals surface area contributed by atoms with Crippen molar-refractivity contribution in [2.45, 2.75) is 20.3 Å². The first-order valence-corrected chi connectivity index (χ1v) is 7.50. The first-order chi connectivity index (χ1) is 11.1. The Kier molecular flexibility index (Phi) is 4.24. The predicted octanol–water partition coefficient (Wildman–Crippen LogP) is 4.14. The van der Waals surface area contributed by atoms with Crippen LogP contribution in [-0.2, 0) is 11.2 Å². The quantitative estimate of drug-likeness (QED) is 0.788. The Morgan fingerprint density at radius 2 is 1.74 bits per heavy atom. The maximum absolute atomic E-state index is 12.1. The number of benzene rings is 2. The molecule has 0 aliphatic heterocycles. The summed E-state index contributed by atoms with van der Waals surface area (Å²) in [7, 11) is 0. The number of hydrogen-bond acceptors (Lipinski definition) is 3. The molecule has 0 aliphatic rings. The minimum atomic E-state index is -0.0266. The Labute approximate surface area is 135 Å². The van der Waals surface area contributed by atoms with Crippen LogP contribution in [0, 0.1) is 13.8 Å². The Bertz CT molecular complexity index is 786. The summed E-state index contributed by atoms with van der Waals surface area (Å²) in [6, 6.07) is 17.4. The fourth-order valence-electron chi connectivity index (χ4n) is 2.60. The van der Waals surface area contributed by atoms with E-state index in [1.54, 1.807) is 0 Å². The second-order valence-corrected chi connectivity index (χ2v) is 5.49. The first-order valence-electron chi connectivity index (χ1n) is 7.50. The highest BCUT2D eigenvalue weighted by molar-refractivity contribution is 5.92. The minimum Gasteiger partial charge on any atom is -0.361 e. The molecule has 1 amide bonds. The summed E-state index contributed by atoms with van der Waals surface area (Å²) < 4.78 is 5.19. The van der Waals surface area contributed by atoms with Crippen molar-refractivity contribution in [2.75, 3.05) is 5.32 Å². The van der Waals surface area contributed by atoms with Crippen LogP contribution in [0.4, 0.5) is 5.69 Å². The Balaban J connectivity index is 1.69. The Hall–Kier alpha value is -2.88. The molecule has 0 saturated carbocycles. The van der Waals surface area contributed by atoms with Gasteiger partial charge in [-0.2, -0.15) is 0 Å². The van der Waals surface area contributed by atoms with Gasteiger partial charge in [-0.15, -0.1) is 0 Å². The van der Waals surface area contributed by atoms with Gasteiger partial charge >= 0.3 is 0 Å². The Morgan fingerprint density at radius 1 is 1.04 bits per heavy atom. The molecular weight excluding hydrogens is 288 g/mol. The third kappa shape index (κ3) is 3.48. The molecule has 0 atom stereocenters. The van der Waals surface area contributed by atoms with Crippen LogP contribution in [0.15, 0.2) is 59.1 Å². The van der Waals surface area contributed by atoms with Crippen LogP contribution < -0.4 is 5.32 Å². The van der Waals surface area contributed by atoms with E-state index in [1.807, 2.05) is 68.4 Å². The fraction of sp³-hybridized carbons (Fsp3) is 0.158. The number of aryl methyl sites for hydroxylation is 2. The summed E-state index contributed by atoms with van der Waals surface area (Å²) in [6.45, 7) is 3.81. The molecular formula is C19H18N2O2. The molecule has 0 spiro atoms. The van der Waals surface area contributed by atoms with E-state index >= 15 is 0 Å². The molecule has 4 nitrogen and oxygen atoms in total. The van der Waals surface area contributed by atoms with E-state index in [0.717, 1.165) is 33.8 Å². The van der Waals surface area contributed by atoms with Gasteiger partial charge in [0, 0.05) is 11.3 Å². The zero-order chi connectivity index (χ0) is 16.2. The molecule has 0 saturated heterocycles. The van der Waals surface area contributed by atoms with Gasteiger partial charge in [0.25, 0.3) is 0 Å². The van der Waals surface area contributed by atoms with Crippen LogP contribution in [0.5, 0.6) is 0 Å². The number of nitrogens with zero attached hydrogens (tertiary/aromatic N) is 1. The number of carbonyl (C=O) groups is 1. The number of nitrogens with one attached hydrogen (secondary N) is 1. The van der Waals surface area contributed by atoms with Crippen molar-refractivity contribution in [3.05, 3.63) is 71.6 Å². The maximum atomic E-state index is 12.1. The molecule has 1 aromatic heterocycles. The zero-order valence-electron chi connectivity index (χ0n) is 13.2. The van der Waals surface area contributed by atoms with Gasteiger partial charge in [0.15, 0.2) is 0 Å². The normalized spacial score (nSPS) is 10.5. The number of anilines is 1. The van der Waals surface area contributed by atoms with Gasteiger partial charge in [0.1, 0.15) is 5.76 Å².